The van der Waals surface area contributed by atoms with E-state index in [1.165, 1.54) is 47.9 Å². The van der Waals surface area contributed by atoms with Gasteiger partial charge in [-0.05, 0) is 42.1 Å². The lowest BCUT2D eigenvalue weighted by Crippen LogP contribution is -2.17. The number of aromatic carboxylic acids is 1. The number of carbonyl (C=O) groups is 1. The third-order valence-corrected chi connectivity index (χ3v) is 6.49. The van der Waals surface area contributed by atoms with Crippen molar-refractivity contribution >= 4 is 50.6 Å². The Morgan fingerprint density at radius 3 is 2.58 bits per heavy atom. The number of non-ortho nitro benzene ring substituents is 1. The van der Waals surface area contributed by atoms with Gasteiger partial charge in [-0.1, -0.05) is 12.1 Å². The van der Waals surface area contributed by atoms with E-state index in [-0.39, 0.29) is 16.9 Å². The summed E-state index contributed by atoms with van der Waals surface area (Å²) in [6.07, 6.45) is 1.50. The number of nitrogens with zero attached hydrogens (tertiary/aromatic N) is 2. The Balaban J connectivity index is 2.00. The molecule has 0 spiro atoms. The van der Waals surface area contributed by atoms with Crippen molar-refractivity contribution in [2.24, 2.45) is 5.10 Å². The molecule has 0 unspecified atom stereocenters. The molecule has 0 saturated carbocycles. The molecule has 160 valence electrons. The molecule has 10 nitrogen and oxygen atoms in total. The SMILES string of the molecule is Cc1ccsc1C=NNc1ccc([N+](=O)[O-])cc1S(=O)(=O)Nc1ccccc1C(=O)O. The van der Waals surface area contributed by atoms with Crippen molar-refractivity contribution in [2.45, 2.75) is 11.8 Å². The molecule has 1 aromatic heterocycles. The first-order chi connectivity index (χ1) is 14.7. The van der Waals surface area contributed by atoms with E-state index >= 15 is 0 Å². The second-order valence-corrected chi connectivity index (χ2v) is 8.83. The Hall–Kier alpha value is -3.77. The summed E-state index contributed by atoms with van der Waals surface area (Å²) < 4.78 is 28.2. The maximum absolute atomic E-state index is 13.0. The quantitative estimate of drug-likeness (QED) is 0.262. The number of para-hydroxylation sites is 1. The fraction of sp³-hybridized carbons (Fsp3) is 0.0526. The summed E-state index contributed by atoms with van der Waals surface area (Å²) in [5, 5.41) is 26.3. The van der Waals surface area contributed by atoms with Crippen molar-refractivity contribution in [3.05, 3.63) is 80.0 Å². The summed E-state index contributed by atoms with van der Waals surface area (Å²) in [5.41, 5.74) is 2.67. The van der Waals surface area contributed by atoms with Gasteiger partial charge >= 0.3 is 5.97 Å². The van der Waals surface area contributed by atoms with Crippen molar-refractivity contribution in [2.75, 3.05) is 10.1 Å². The first-order valence-electron chi connectivity index (χ1n) is 8.66. The minimum absolute atomic E-state index is 0.0173. The van der Waals surface area contributed by atoms with E-state index in [0.29, 0.717) is 0 Å². The Kier molecular flexibility index (Phi) is 6.32. The number of hydrogen-bond donors (Lipinski definition) is 3. The van der Waals surface area contributed by atoms with Crippen LogP contribution in [0.3, 0.4) is 0 Å². The van der Waals surface area contributed by atoms with Crippen molar-refractivity contribution in [3.8, 4) is 0 Å². The number of sulfonamides is 1. The molecule has 0 amide bonds. The van der Waals surface area contributed by atoms with Crippen molar-refractivity contribution < 1.29 is 23.2 Å². The number of aryl methyl sites for hydroxylation is 1. The lowest BCUT2D eigenvalue weighted by molar-refractivity contribution is -0.385. The van der Waals surface area contributed by atoms with Crippen LogP contribution >= 0.6 is 11.3 Å². The van der Waals surface area contributed by atoms with Gasteiger partial charge in [0.1, 0.15) is 4.90 Å². The Bertz CT molecular complexity index is 1280. The van der Waals surface area contributed by atoms with Crippen molar-refractivity contribution in [1.29, 1.82) is 0 Å². The Labute approximate surface area is 181 Å². The largest absolute Gasteiger partial charge is 0.478 e. The molecule has 0 aliphatic carbocycles. The normalized spacial score (nSPS) is 11.4. The highest BCUT2D eigenvalue weighted by atomic mass is 32.2. The van der Waals surface area contributed by atoms with E-state index in [1.807, 2.05) is 18.4 Å². The molecular formula is C19H16N4O6S2. The summed E-state index contributed by atoms with van der Waals surface area (Å²) >= 11 is 1.44. The minimum atomic E-state index is -4.40. The number of carboxylic acids is 1. The van der Waals surface area contributed by atoms with Crippen LogP contribution in [0.25, 0.3) is 0 Å². The molecule has 0 aliphatic heterocycles. The third kappa shape index (κ3) is 5.05. The molecule has 3 rings (SSSR count). The van der Waals surface area contributed by atoms with E-state index < -0.39 is 31.5 Å². The molecule has 0 fully saturated rings. The first kappa shape index (κ1) is 21.9. The lowest BCUT2D eigenvalue weighted by atomic mass is 10.2. The van der Waals surface area contributed by atoms with Gasteiger partial charge in [-0.2, -0.15) is 5.10 Å². The number of nitrogens with one attached hydrogen (secondary N) is 2. The number of hydrazone groups is 1. The zero-order valence-electron chi connectivity index (χ0n) is 16.0. The van der Waals surface area contributed by atoms with Crippen LogP contribution < -0.4 is 10.1 Å². The van der Waals surface area contributed by atoms with E-state index in [1.54, 1.807) is 0 Å². The fourth-order valence-electron chi connectivity index (χ4n) is 2.57. The monoisotopic (exact) mass is 460 g/mol. The number of benzene rings is 2. The van der Waals surface area contributed by atoms with Crippen molar-refractivity contribution in [1.82, 2.24) is 0 Å². The summed E-state index contributed by atoms with van der Waals surface area (Å²) in [7, 11) is -4.40. The highest BCUT2D eigenvalue weighted by Crippen LogP contribution is 2.29. The summed E-state index contributed by atoms with van der Waals surface area (Å²) in [5.74, 6) is -1.33. The van der Waals surface area contributed by atoms with Gasteiger partial charge in [0.05, 0.1) is 28.1 Å². The van der Waals surface area contributed by atoms with Crippen LogP contribution in [0.4, 0.5) is 17.1 Å². The van der Waals surface area contributed by atoms with Crippen LogP contribution in [0.15, 0.2) is 63.9 Å². The van der Waals surface area contributed by atoms with Gasteiger partial charge in [0, 0.05) is 17.0 Å². The summed E-state index contributed by atoms with van der Waals surface area (Å²) in [6, 6.07) is 10.6. The average Bonchev–Trinajstić information content (AvgIpc) is 3.12. The minimum Gasteiger partial charge on any atom is -0.478 e. The fourth-order valence-corrected chi connectivity index (χ4v) is 4.62. The molecule has 31 heavy (non-hydrogen) atoms. The lowest BCUT2D eigenvalue weighted by Gasteiger charge is -2.13. The van der Waals surface area contributed by atoms with Crippen LogP contribution in [-0.4, -0.2) is 30.6 Å². The second kappa shape index (κ2) is 8.93. The number of nitro groups is 1. The number of thiophene rings is 1. The first-order valence-corrected chi connectivity index (χ1v) is 11.0. The average molecular weight is 460 g/mol. The topological polar surface area (TPSA) is 151 Å². The third-order valence-electron chi connectivity index (χ3n) is 4.14. The number of carboxylic acid groups (broad SMARTS) is 1. The van der Waals surface area contributed by atoms with Crippen LogP contribution in [0.2, 0.25) is 0 Å². The van der Waals surface area contributed by atoms with Gasteiger partial charge in [0.15, 0.2) is 0 Å². The molecule has 3 aromatic rings. The molecule has 12 heteroatoms. The van der Waals surface area contributed by atoms with Gasteiger partial charge in [-0.25, -0.2) is 13.2 Å². The van der Waals surface area contributed by atoms with Gasteiger partial charge in [-0.3, -0.25) is 20.3 Å². The molecule has 1 heterocycles. The summed E-state index contributed by atoms with van der Waals surface area (Å²) in [4.78, 5) is 22.2. The molecule has 2 aromatic carbocycles. The number of hydrogen-bond acceptors (Lipinski definition) is 8. The highest BCUT2D eigenvalue weighted by molar-refractivity contribution is 7.93. The standard InChI is InChI=1S/C19H16N4O6S2/c1-12-8-9-30-17(12)11-20-21-16-7-6-13(23(26)27)10-18(16)31(28,29)22-15-5-3-2-4-14(15)19(24)25/h2-11,21-22H,1H3,(H,24,25). The summed E-state index contributed by atoms with van der Waals surface area (Å²) in [6.45, 7) is 1.89. The Morgan fingerprint density at radius 1 is 1.19 bits per heavy atom. The number of rotatable bonds is 8. The number of nitro benzene ring substituents is 1. The van der Waals surface area contributed by atoms with Crippen molar-refractivity contribution in [3.63, 3.8) is 0 Å². The molecule has 0 saturated heterocycles. The Morgan fingerprint density at radius 2 is 1.94 bits per heavy atom. The molecule has 0 atom stereocenters. The van der Waals surface area contributed by atoms with Crippen LogP contribution in [0.5, 0.6) is 0 Å². The van der Waals surface area contributed by atoms with Crippen LogP contribution in [-0.2, 0) is 10.0 Å². The smallest absolute Gasteiger partial charge is 0.337 e. The molecule has 3 N–H and O–H groups in total. The predicted molar refractivity (Wildman–Crippen MR) is 118 cm³/mol. The van der Waals surface area contributed by atoms with E-state index in [0.717, 1.165) is 22.6 Å². The van der Waals surface area contributed by atoms with Gasteiger partial charge in [-0.15, -0.1) is 11.3 Å². The zero-order valence-corrected chi connectivity index (χ0v) is 17.6. The molecular weight excluding hydrogens is 444 g/mol. The highest BCUT2D eigenvalue weighted by Gasteiger charge is 2.24. The van der Waals surface area contributed by atoms with Crippen LogP contribution in [0.1, 0.15) is 20.8 Å². The second-order valence-electron chi connectivity index (χ2n) is 6.23. The van der Waals surface area contributed by atoms with E-state index in [2.05, 4.69) is 15.2 Å². The number of anilines is 2. The van der Waals surface area contributed by atoms with Gasteiger partial charge in [0.25, 0.3) is 15.7 Å². The van der Waals surface area contributed by atoms with Gasteiger partial charge in [0.2, 0.25) is 0 Å². The van der Waals surface area contributed by atoms with E-state index in [4.69, 9.17) is 0 Å². The maximum atomic E-state index is 13.0. The maximum Gasteiger partial charge on any atom is 0.337 e. The molecule has 0 radical (unpaired) electrons. The predicted octanol–water partition coefficient (Wildman–Crippen LogP) is 3.91. The van der Waals surface area contributed by atoms with E-state index in [9.17, 15) is 28.4 Å². The van der Waals surface area contributed by atoms with Gasteiger partial charge < -0.3 is 5.11 Å². The molecule has 0 bridgehead atoms. The molecule has 0 aliphatic rings. The van der Waals surface area contributed by atoms with Crippen LogP contribution in [0, 0.1) is 17.0 Å². The zero-order chi connectivity index (χ0) is 22.6.